The molecule has 2 aromatic carbocycles. The van der Waals surface area contributed by atoms with Gasteiger partial charge in [-0.25, -0.2) is 23.1 Å². The number of anilines is 2. The van der Waals surface area contributed by atoms with E-state index in [4.69, 9.17) is 0 Å². The van der Waals surface area contributed by atoms with Gasteiger partial charge in [-0.05, 0) is 57.2 Å². The first-order valence-corrected chi connectivity index (χ1v) is 10.6. The summed E-state index contributed by atoms with van der Waals surface area (Å²) in [6.45, 7) is 4.95. The molecule has 3 aromatic rings. The van der Waals surface area contributed by atoms with E-state index in [1.807, 2.05) is 0 Å². The third kappa shape index (κ3) is 5.01. The Morgan fingerprint density at radius 1 is 1.00 bits per heavy atom. The van der Waals surface area contributed by atoms with Crippen LogP contribution in [0.2, 0.25) is 0 Å². The molecule has 1 heterocycles. The molecule has 1 aromatic heterocycles. The lowest BCUT2D eigenvalue weighted by Gasteiger charge is -2.10. The Hall–Kier alpha value is -3.86. The van der Waals surface area contributed by atoms with Crippen molar-refractivity contribution >= 4 is 33.3 Å². The minimum atomic E-state index is -3.93. The summed E-state index contributed by atoms with van der Waals surface area (Å²) in [4.78, 5) is 31.1. The van der Waals surface area contributed by atoms with Gasteiger partial charge in [-0.3, -0.25) is 14.9 Å². The van der Waals surface area contributed by atoms with E-state index in [9.17, 15) is 23.3 Å². The molecule has 0 aliphatic heterocycles. The van der Waals surface area contributed by atoms with Crippen LogP contribution in [-0.2, 0) is 10.0 Å². The molecule has 0 fully saturated rings. The van der Waals surface area contributed by atoms with Gasteiger partial charge in [0.25, 0.3) is 21.6 Å². The molecule has 0 atom stereocenters. The fraction of sp³-hybridized carbons (Fsp3) is 0.150. The van der Waals surface area contributed by atoms with Crippen molar-refractivity contribution < 1.29 is 18.1 Å². The van der Waals surface area contributed by atoms with E-state index >= 15 is 0 Å². The molecule has 0 saturated carbocycles. The van der Waals surface area contributed by atoms with Gasteiger partial charge >= 0.3 is 0 Å². The molecule has 0 aliphatic rings. The second kappa shape index (κ2) is 8.48. The summed E-state index contributed by atoms with van der Waals surface area (Å²) in [5, 5.41) is 13.7. The quantitative estimate of drug-likeness (QED) is 0.441. The van der Waals surface area contributed by atoms with Crippen molar-refractivity contribution in [1.82, 2.24) is 9.97 Å². The molecule has 160 valence electrons. The van der Waals surface area contributed by atoms with Crippen LogP contribution in [-0.4, -0.2) is 29.2 Å². The van der Waals surface area contributed by atoms with Crippen LogP contribution in [0.4, 0.5) is 17.3 Å². The number of amides is 1. The molecule has 0 saturated heterocycles. The molecule has 10 nitrogen and oxygen atoms in total. The van der Waals surface area contributed by atoms with Gasteiger partial charge in [-0.15, -0.1) is 0 Å². The van der Waals surface area contributed by atoms with Crippen molar-refractivity contribution in [3.05, 3.63) is 81.2 Å². The van der Waals surface area contributed by atoms with Gasteiger partial charge in [-0.2, -0.15) is 0 Å². The molecule has 11 heteroatoms. The van der Waals surface area contributed by atoms with E-state index in [1.54, 1.807) is 19.9 Å². The molecule has 0 spiro atoms. The standard InChI is InChI=1S/C20H19N5O5S/c1-12-11-13(2)22-20(21-12)24-31(29,30)16-9-7-15(8-10-16)23-19(26)17-5-4-6-18(14(17)3)25(27)28/h4-11H,1-3H3,(H,23,26)(H,21,22,24). The first kappa shape index (κ1) is 21.8. The molecule has 2 N–H and O–H groups in total. The number of nitrogens with zero attached hydrogens (tertiary/aromatic N) is 3. The van der Waals surface area contributed by atoms with Crippen molar-refractivity contribution in [3.63, 3.8) is 0 Å². The van der Waals surface area contributed by atoms with Crippen LogP contribution in [0.5, 0.6) is 0 Å². The molecule has 3 rings (SSSR count). The van der Waals surface area contributed by atoms with Crippen molar-refractivity contribution in [2.45, 2.75) is 25.7 Å². The summed E-state index contributed by atoms with van der Waals surface area (Å²) in [6.07, 6.45) is 0. The van der Waals surface area contributed by atoms with Gasteiger partial charge in [0.15, 0.2) is 0 Å². The minimum absolute atomic E-state index is 0.0315. The highest BCUT2D eigenvalue weighted by molar-refractivity contribution is 7.92. The normalized spacial score (nSPS) is 11.1. The SMILES string of the molecule is Cc1cc(C)nc(NS(=O)(=O)c2ccc(NC(=O)c3cccc([N+](=O)[O-])c3C)cc2)n1. The highest BCUT2D eigenvalue weighted by atomic mass is 32.2. The zero-order valence-corrected chi connectivity index (χ0v) is 17.7. The first-order chi connectivity index (χ1) is 14.6. The Morgan fingerprint density at radius 2 is 1.61 bits per heavy atom. The summed E-state index contributed by atoms with van der Waals surface area (Å²) >= 11 is 0. The topological polar surface area (TPSA) is 144 Å². The number of carbonyl (C=O) groups is 1. The predicted molar refractivity (Wildman–Crippen MR) is 115 cm³/mol. The van der Waals surface area contributed by atoms with E-state index in [1.165, 1.54) is 49.4 Å². The largest absolute Gasteiger partial charge is 0.322 e. The van der Waals surface area contributed by atoms with Crippen molar-refractivity contribution in [2.75, 3.05) is 10.0 Å². The molecule has 31 heavy (non-hydrogen) atoms. The third-order valence-corrected chi connectivity index (χ3v) is 5.72. The Bertz CT molecular complexity index is 1250. The number of aromatic nitrogens is 2. The van der Waals surface area contributed by atoms with Gasteiger partial charge in [0.2, 0.25) is 5.95 Å². The molecular weight excluding hydrogens is 422 g/mol. The fourth-order valence-corrected chi connectivity index (χ4v) is 3.88. The summed E-state index contributed by atoms with van der Waals surface area (Å²) in [5.74, 6) is -0.574. The summed E-state index contributed by atoms with van der Waals surface area (Å²) in [5.41, 5.74) is 1.81. The van der Waals surface area contributed by atoms with Crippen LogP contribution in [0.3, 0.4) is 0 Å². The summed E-state index contributed by atoms with van der Waals surface area (Å²) < 4.78 is 27.5. The molecule has 0 unspecified atom stereocenters. The van der Waals surface area contributed by atoms with Crippen molar-refractivity contribution in [1.29, 1.82) is 0 Å². The van der Waals surface area contributed by atoms with E-state index in [0.29, 0.717) is 17.1 Å². The zero-order valence-electron chi connectivity index (χ0n) is 16.9. The van der Waals surface area contributed by atoms with Gasteiger partial charge in [0.05, 0.1) is 9.82 Å². The number of hydrogen-bond donors (Lipinski definition) is 2. The highest BCUT2D eigenvalue weighted by Crippen LogP contribution is 2.23. The number of sulfonamides is 1. The lowest BCUT2D eigenvalue weighted by molar-refractivity contribution is -0.385. The van der Waals surface area contributed by atoms with Crippen molar-refractivity contribution in [2.24, 2.45) is 0 Å². The monoisotopic (exact) mass is 441 g/mol. The molecule has 0 aliphatic carbocycles. The second-order valence-electron chi connectivity index (χ2n) is 6.77. The van der Waals surface area contributed by atoms with E-state index in [0.717, 1.165) is 0 Å². The third-order valence-electron chi connectivity index (χ3n) is 4.38. The predicted octanol–water partition coefficient (Wildman–Crippen LogP) is 3.36. The summed E-state index contributed by atoms with van der Waals surface area (Å²) in [6, 6.07) is 11.4. The number of nitrogens with one attached hydrogen (secondary N) is 2. The van der Waals surface area contributed by atoms with Gasteiger partial charge in [-0.1, -0.05) is 6.07 Å². The van der Waals surface area contributed by atoms with Crippen LogP contribution < -0.4 is 10.0 Å². The number of nitro groups is 1. The number of aryl methyl sites for hydroxylation is 2. The second-order valence-corrected chi connectivity index (χ2v) is 8.45. The zero-order chi connectivity index (χ0) is 22.8. The number of rotatable bonds is 6. The number of nitro benzene ring substituents is 1. The van der Waals surface area contributed by atoms with Crippen LogP contribution >= 0.6 is 0 Å². The number of hydrogen-bond acceptors (Lipinski definition) is 7. The van der Waals surface area contributed by atoms with Gasteiger partial charge < -0.3 is 5.32 Å². The fourth-order valence-electron chi connectivity index (χ4n) is 2.93. The Labute approximate surface area is 178 Å². The number of benzene rings is 2. The van der Waals surface area contributed by atoms with E-state index < -0.39 is 20.9 Å². The van der Waals surface area contributed by atoms with Crippen LogP contribution in [0.25, 0.3) is 0 Å². The average molecular weight is 441 g/mol. The average Bonchev–Trinajstić information content (AvgIpc) is 2.67. The lowest BCUT2D eigenvalue weighted by atomic mass is 10.1. The first-order valence-electron chi connectivity index (χ1n) is 9.07. The van der Waals surface area contributed by atoms with Crippen LogP contribution in [0.1, 0.15) is 27.3 Å². The van der Waals surface area contributed by atoms with E-state index in [2.05, 4.69) is 20.0 Å². The highest BCUT2D eigenvalue weighted by Gasteiger charge is 2.19. The van der Waals surface area contributed by atoms with E-state index in [-0.39, 0.29) is 27.7 Å². The Morgan fingerprint density at radius 3 is 2.19 bits per heavy atom. The van der Waals surface area contributed by atoms with Crippen molar-refractivity contribution in [3.8, 4) is 0 Å². The molecule has 0 radical (unpaired) electrons. The van der Waals surface area contributed by atoms with Gasteiger partial charge in [0.1, 0.15) is 0 Å². The smallest absolute Gasteiger partial charge is 0.273 e. The lowest BCUT2D eigenvalue weighted by Crippen LogP contribution is -2.16. The van der Waals surface area contributed by atoms with Crippen LogP contribution in [0.15, 0.2) is 53.4 Å². The Balaban J connectivity index is 1.78. The maximum absolute atomic E-state index is 12.6. The maximum Gasteiger partial charge on any atom is 0.273 e. The van der Waals surface area contributed by atoms with Crippen LogP contribution in [0, 0.1) is 30.9 Å². The van der Waals surface area contributed by atoms with Gasteiger partial charge in [0, 0.05) is 34.3 Å². The molecule has 0 bridgehead atoms. The molecule has 1 amide bonds. The summed E-state index contributed by atoms with van der Waals surface area (Å²) in [7, 11) is -3.93. The Kier molecular flexibility index (Phi) is 5.97. The number of carbonyl (C=O) groups excluding carboxylic acids is 1. The minimum Gasteiger partial charge on any atom is -0.322 e. The molecular formula is C20H19N5O5S. The maximum atomic E-state index is 12.6.